The van der Waals surface area contributed by atoms with E-state index in [2.05, 4.69) is 76.0 Å². The van der Waals surface area contributed by atoms with Crippen molar-refractivity contribution in [3.63, 3.8) is 0 Å². The Morgan fingerprint density at radius 2 is 1.33 bits per heavy atom. The van der Waals surface area contributed by atoms with Crippen LogP contribution in [0.25, 0.3) is 11.1 Å². The third-order valence-corrected chi connectivity index (χ3v) is 15.2. The quantitative estimate of drug-likeness (QED) is 0.641. The Hall–Kier alpha value is -0.617. The van der Waals surface area contributed by atoms with Crippen molar-refractivity contribution in [2.24, 2.45) is 0 Å². The van der Waals surface area contributed by atoms with E-state index in [1.807, 2.05) is 0 Å². The zero-order valence-electron chi connectivity index (χ0n) is 13.4. The topological polar surface area (TPSA) is 0 Å². The third kappa shape index (κ3) is 3.24. The molecule has 0 atom stereocenters. The molecular weight excluding hydrogens is 414 g/mol. The largest absolute Gasteiger partial charge is 1.00 e. The molecular formula is C21H24Cl2Zr. The van der Waals surface area contributed by atoms with Crippen LogP contribution in [-0.2, 0) is 20.3 Å². The van der Waals surface area contributed by atoms with Crippen molar-refractivity contribution in [3.8, 4) is 11.1 Å². The molecule has 0 bridgehead atoms. The van der Waals surface area contributed by atoms with Crippen molar-refractivity contribution in [1.29, 1.82) is 0 Å². The van der Waals surface area contributed by atoms with E-state index in [9.17, 15) is 0 Å². The fourth-order valence-electron chi connectivity index (χ4n) is 4.04. The summed E-state index contributed by atoms with van der Waals surface area (Å²) in [6, 6.07) is 18.1. The van der Waals surface area contributed by atoms with Gasteiger partial charge in [-0.15, -0.1) is 0 Å². The van der Waals surface area contributed by atoms with Gasteiger partial charge in [0.25, 0.3) is 0 Å². The van der Waals surface area contributed by atoms with Crippen molar-refractivity contribution in [3.05, 3.63) is 81.2 Å². The molecule has 0 saturated carbocycles. The zero-order valence-corrected chi connectivity index (χ0v) is 17.4. The van der Waals surface area contributed by atoms with E-state index in [1.54, 1.807) is 14.4 Å². The molecule has 0 fully saturated rings. The number of allylic oxidation sites excluding steroid dienone is 4. The second-order valence-corrected chi connectivity index (χ2v) is 18.1. The summed E-state index contributed by atoms with van der Waals surface area (Å²) in [6.45, 7) is 0. The van der Waals surface area contributed by atoms with Crippen LogP contribution in [0.2, 0.25) is 9.26 Å². The number of fused-ring (bicyclic) bond motifs is 3. The van der Waals surface area contributed by atoms with E-state index < -0.39 is 20.3 Å². The van der Waals surface area contributed by atoms with Crippen molar-refractivity contribution < 1.29 is 45.1 Å². The van der Waals surface area contributed by atoms with Crippen LogP contribution < -0.4 is 24.8 Å². The molecule has 0 radical (unpaired) electrons. The van der Waals surface area contributed by atoms with Gasteiger partial charge < -0.3 is 24.8 Å². The molecule has 0 heterocycles. The molecule has 0 aromatic heterocycles. The predicted molar refractivity (Wildman–Crippen MR) is 94.0 cm³/mol. The maximum Gasteiger partial charge on any atom is -1.00 e. The average Bonchev–Trinajstić information content (AvgIpc) is 3.14. The molecule has 0 unspecified atom stereocenters. The van der Waals surface area contributed by atoms with Gasteiger partial charge in [-0.3, -0.25) is 0 Å². The predicted octanol–water partition coefficient (Wildman–Crippen LogP) is 0.494. The van der Waals surface area contributed by atoms with Crippen LogP contribution in [0.1, 0.15) is 28.6 Å². The number of hydrogen-bond acceptors (Lipinski definition) is 0. The molecule has 2 aliphatic rings. The van der Waals surface area contributed by atoms with Gasteiger partial charge in [0.15, 0.2) is 0 Å². The minimum absolute atomic E-state index is 0. The van der Waals surface area contributed by atoms with Crippen LogP contribution >= 0.6 is 0 Å². The Balaban J connectivity index is 0.000000960. The summed E-state index contributed by atoms with van der Waals surface area (Å²) in [5.41, 5.74) is 6.09. The first-order valence-electron chi connectivity index (χ1n) is 7.74. The van der Waals surface area contributed by atoms with Gasteiger partial charge >= 0.3 is 132 Å². The first-order valence-corrected chi connectivity index (χ1v) is 15.3. The van der Waals surface area contributed by atoms with E-state index in [4.69, 9.17) is 0 Å². The summed E-state index contributed by atoms with van der Waals surface area (Å²) >= 11 is -2.40. The van der Waals surface area contributed by atoms with E-state index >= 15 is 0 Å². The summed E-state index contributed by atoms with van der Waals surface area (Å²) in [6.07, 6.45) is 8.16. The molecule has 2 aromatic rings. The second-order valence-electron chi connectivity index (χ2n) is 6.65. The Morgan fingerprint density at radius 1 is 0.833 bits per heavy atom. The molecule has 4 rings (SSSR count). The fraction of sp³-hybridized carbons (Fsp3) is 0.238. The zero-order chi connectivity index (χ0) is 14.4. The fourth-order valence-corrected chi connectivity index (χ4v) is 12.9. The number of hydrogen-bond donors (Lipinski definition) is 0. The number of benzene rings is 2. The van der Waals surface area contributed by atoms with Crippen molar-refractivity contribution >= 4 is 0 Å². The van der Waals surface area contributed by atoms with Crippen molar-refractivity contribution in [1.82, 2.24) is 0 Å². The summed E-state index contributed by atoms with van der Waals surface area (Å²) < 4.78 is 7.63. The van der Waals surface area contributed by atoms with Gasteiger partial charge in [-0.25, -0.2) is 0 Å². The van der Waals surface area contributed by atoms with Crippen LogP contribution in [0.3, 0.4) is 0 Å². The molecule has 24 heavy (non-hydrogen) atoms. The van der Waals surface area contributed by atoms with E-state index in [-0.39, 0.29) is 32.2 Å². The maximum absolute atomic E-state index is 2.61. The standard InChI is InChI=1S/C13H9.C5H5.CH4.2CH3.2ClH.Zr/c1-3-7-12-10(5-1)9-11-6-2-4-8-13(11)12;1-2-4-5-3-1;;;;;;/h1-9H;1-3H,4H2;1H4;2*1H3;2*1H;/q;;;;;;;+2/p-2. The van der Waals surface area contributed by atoms with Crippen LogP contribution in [0, 0.1) is 0 Å². The van der Waals surface area contributed by atoms with Crippen LogP contribution in [0.4, 0.5) is 0 Å². The van der Waals surface area contributed by atoms with Gasteiger partial charge in [0, 0.05) is 0 Å². The van der Waals surface area contributed by atoms with E-state index in [0.717, 1.165) is 0 Å². The Kier molecular flexibility index (Phi) is 7.30. The summed E-state index contributed by atoms with van der Waals surface area (Å²) in [5, 5.41) is 0. The van der Waals surface area contributed by atoms with Gasteiger partial charge in [0.1, 0.15) is 0 Å². The van der Waals surface area contributed by atoms with Crippen molar-refractivity contribution in [2.45, 2.75) is 26.7 Å². The third-order valence-electron chi connectivity index (χ3n) is 5.15. The van der Waals surface area contributed by atoms with Crippen molar-refractivity contribution in [2.75, 3.05) is 0 Å². The molecule has 3 heteroatoms. The summed E-state index contributed by atoms with van der Waals surface area (Å²) in [7, 11) is 0. The van der Waals surface area contributed by atoms with Gasteiger partial charge in [-0.1, -0.05) is 7.43 Å². The van der Waals surface area contributed by atoms with Gasteiger partial charge in [-0.05, 0) is 0 Å². The molecule has 0 amide bonds. The Labute approximate surface area is 163 Å². The molecule has 2 aromatic carbocycles. The number of rotatable bonds is 2. The molecule has 2 aliphatic carbocycles. The van der Waals surface area contributed by atoms with Crippen LogP contribution in [0.15, 0.2) is 70.0 Å². The minimum Gasteiger partial charge on any atom is -1.00 e. The summed E-state index contributed by atoms with van der Waals surface area (Å²) in [5.74, 6) is 0. The average molecular weight is 439 g/mol. The Morgan fingerprint density at radius 3 is 1.79 bits per heavy atom. The van der Waals surface area contributed by atoms with Crippen LogP contribution in [-0.4, -0.2) is 0 Å². The molecule has 0 saturated heterocycles. The number of halogens is 2. The van der Waals surface area contributed by atoms with Gasteiger partial charge in [0.2, 0.25) is 0 Å². The van der Waals surface area contributed by atoms with Crippen LogP contribution in [0.5, 0.6) is 0 Å². The molecule has 0 spiro atoms. The molecule has 0 N–H and O–H groups in total. The first-order chi connectivity index (χ1) is 10.2. The monoisotopic (exact) mass is 436 g/mol. The normalized spacial score (nSPS) is 14.0. The SMILES string of the molecule is C.[CH3][Zr+2]([CH3])([C]1=CC=CC1)[CH]1c2ccccc2-c2ccccc21.[Cl-].[Cl-]. The van der Waals surface area contributed by atoms with Gasteiger partial charge in [0.05, 0.1) is 0 Å². The van der Waals surface area contributed by atoms with E-state index in [1.165, 1.54) is 17.5 Å². The maximum atomic E-state index is 2.61. The molecule has 0 nitrogen and oxygen atoms in total. The molecule has 0 aliphatic heterocycles. The minimum atomic E-state index is -2.40. The van der Waals surface area contributed by atoms with Gasteiger partial charge in [-0.2, -0.15) is 0 Å². The first kappa shape index (κ1) is 21.4. The van der Waals surface area contributed by atoms with E-state index in [0.29, 0.717) is 3.63 Å². The Bertz CT molecular complexity index is 729. The molecule has 126 valence electrons. The summed E-state index contributed by atoms with van der Waals surface area (Å²) in [4.78, 5) is 0. The smallest absolute Gasteiger partial charge is 1.00 e. The second kappa shape index (κ2) is 8.17.